The molecule has 0 saturated carbocycles. The Morgan fingerprint density at radius 2 is 0.895 bits per heavy atom. The fourth-order valence-corrected chi connectivity index (χ4v) is 1.16. The van der Waals surface area contributed by atoms with Gasteiger partial charge in [-0.1, -0.05) is 36.4 Å². The summed E-state index contributed by atoms with van der Waals surface area (Å²) in [5.74, 6) is -1.76. The van der Waals surface area contributed by atoms with E-state index in [4.69, 9.17) is 10.2 Å². The largest absolute Gasteiger partial charge is 0.478 e. The summed E-state index contributed by atoms with van der Waals surface area (Å²) in [4.78, 5) is 20.4. The Balaban J connectivity index is 0.000000324. The van der Waals surface area contributed by atoms with E-state index in [1.54, 1.807) is 60.7 Å². The summed E-state index contributed by atoms with van der Waals surface area (Å²) in [5, 5.41) is 16.8. The van der Waals surface area contributed by atoms with Crippen LogP contribution < -0.4 is 0 Å². The molecule has 0 fully saturated rings. The van der Waals surface area contributed by atoms with Crippen molar-refractivity contribution in [1.82, 2.24) is 0 Å². The van der Waals surface area contributed by atoms with Gasteiger partial charge in [-0.05, 0) is 24.3 Å². The van der Waals surface area contributed by atoms with Crippen LogP contribution in [0, 0.1) is 0 Å². The van der Waals surface area contributed by atoms with Gasteiger partial charge in [0.1, 0.15) is 0 Å². The maximum Gasteiger partial charge on any atom is 0.335 e. The number of hydrogen-bond donors (Lipinski definition) is 2. The zero-order valence-corrected chi connectivity index (χ0v) is 13.6. The molecule has 0 bridgehead atoms. The van der Waals surface area contributed by atoms with Gasteiger partial charge in [-0.3, -0.25) is 0 Å². The number of rotatable bonds is 2. The molecule has 2 aromatic rings. The molecular weight excluding hydrogens is 271 g/mol. The number of hydrogen-bond acceptors (Lipinski definition) is 2. The molecule has 0 aromatic heterocycles. The van der Waals surface area contributed by atoms with E-state index in [2.05, 4.69) is 0 Å². The second-order valence-electron chi connectivity index (χ2n) is 3.34. The molecule has 0 aliphatic heterocycles. The van der Waals surface area contributed by atoms with Crippen LogP contribution in [-0.4, -0.2) is 73.5 Å². The van der Waals surface area contributed by atoms with Crippen molar-refractivity contribution in [2.45, 2.75) is 0 Å². The van der Waals surface area contributed by atoms with Crippen LogP contribution in [0.2, 0.25) is 0 Å². The molecule has 0 heterocycles. The summed E-state index contributed by atoms with van der Waals surface area (Å²) in [5.41, 5.74) is 0.662. The third kappa shape index (κ3) is 7.24. The molecule has 0 atom stereocenters. The SMILES string of the molecule is O=C(O)c1ccccc1.O=C(O)c1ccccc1.[K]. The topological polar surface area (TPSA) is 74.6 Å². The van der Waals surface area contributed by atoms with Crippen LogP contribution in [0.3, 0.4) is 0 Å². The predicted octanol–water partition coefficient (Wildman–Crippen LogP) is 2.39. The van der Waals surface area contributed by atoms with Gasteiger partial charge in [-0.25, -0.2) is 9.59 Å². The van der Waals surface area contributed by atoms with Gasteiger partial charge in [0.25, 0.3) is 0 Å². The Morgan fingerprint density at radius 3 is 1.05 bits per heavy atom. The van der Waals surface area contributed by atoms with Crippen molar-refractivity contribution in [2.75, 3.05) is 0 Å². The van der Waals surface area contributed by atoms with E-state index in [1.807, 2.05) is 0 Å². The molecule has 2 N–H and O–H groups in total. The molecule has 5 heteroatoms. The number of carboxylic acids is 2. The molecule has 2 rings (SSSR count). The molecule has 0 unspecified atom stereocenters. The molecule has 2 aromatic carbocycles. The average molecular weight is 283 g/mol. The normalized spacial score (nSPS) is 8.42. The van der Waals surface area contributed by atoms with Crippen LogP contribution in [0.25, 0.3) is 0 Å². The minimum absolute atomic E-state index is 0. The van der Waals surface area contributed by atoms with Crippen LogP contribution in [0.15, 0.2) is 60.7 Å². The zero-order chi connectivity index (χ0) is 13.4. The van der Waals surface area contributed by atoms with Crippen molar-refractivity contribution < 1.29 is 19.8 Å². The zero-order valence-electron chi connectivity index (χ0n) is 10.5. The molecule has 0 spiro atoms. The standard InChI is InChI=1S/2C7H6O2.K/c2*8-7(9)6-4-2-1-3-5-6;/h2*1-5H,(H,8,9);. The van der Waals surface area contributed by atoms with Crippen LogP contribution in [0.4, 0.5) is 0 Å². The Kier molecular flexibility index (Phi) is 9.37. The van der Waals surface area contributed by atoms with E-state index in [0.717, 1.165) is 0 Å². The summed E-state index contributed by atoms with van der Waals surface area (Å²) in [6.07, 6.45) is 0. The molecule has 0 aliphatic rings. The fourth-order valence-electron chi connectivity index (χ4n) is 1.16. The summed E-state index contributed by atoms with van der Waals surface area (Å²) in [6, 6.07) is 16.6. The van der Waals surface area contributed by atoms with Crippen molar-refractivity contribution in [1.29, 1.82) is 0 Å². The third-order valence-electron chi connectivity index (χ3n) is 2.04. The molecule has 0 amide bonds. The van der Waals surface area contributed by atoms with E-state index >= 15 is 0 Å². The molecule has 4 nitrogen and oxygen atoms in total. The van der Waals surface area contributed by atoms with Crippen LogP contribution in [-0.2, 0) is 0 Å². The first-order chi connectivity index (χ1) is 8.61. The fraction of sp³-hybridized carbons (Fsp3) is 0. The van der Waals surface area contributed by atoms with E-state index < -0.39 is 11.9 Å². The number of aromatic carboxylic acids is 2. The van der Waals surface area contributed by atoms with Gasteiger partial charge >= 0.3 is 11.9 Å². The Bertz CT molecular complexity index is 462. The summed E-state index contributed by atoms with van der Waals surface area (Å²) >= 11 is 0. The van der Waals surface area contributed by atoms with E-state index in [-0.39, 0.29) is 51.4 Å². The quantitative estimate of drug-likeness (QED) is 0.830. The Morgan fingerprint density at radius 1 is 0.632 bits per heavy atom. The number of carbonyl (C=O) groups is 2. The second kappa shape index (κ2) is 9.88. The predicted molar refractivity (Wildman–Crippen MR) is 72.6 cm³/mol. The van der Waals surface area contributed by atoms with Gasteiger partial charge in [0.15, 0.2) is 0 Å². The average Bonchev–Trinajstić information content (AvgIpc) is 2.41. The van der Waals surface area contributed by atoms with Crippen molar-refractivity contribution in [2.24, 2.45) is 0 Å². The molecule has 19 heavy (non-hydrogen) atoms. The summed E-state index contributed by atoms with van der Waals surface area (Å²) in [6.45, 7) is 0. The first-order valence-corrected chi connectivity index (χ1v) is 5.18. The van der Waals surface area contributed by atoms with Crippen molar-refractivity contribution in [3.63, 3.8) is 0 Å². The van der Waals surface area contributed by atoms with Gasteiger partial charge in [-0.2, -0.15) is 0 Å². The maximum atomic E-state index is 10.2. The van der Waals surface area contributed by atoms with Crippen molar-refractivity contribution >= 4 is 63.3 Å². The molecule has 0 saturated heterocycles. The van der Waals surface area contributed by atoms with Gasteiger partial charge in [0, 0.05) is 51.4 Å². The Hall–Kier alpha value is -0.984. The summed E-state index contributed by atoms with van der Waals surface area (Å²) < 4.78 is 0. The number of benzene rings is 2. The maximum absolute atomic E-state index is 10.2. The second-order valence-corrected chi connectivity index (χ2v) is 3.34. The minimum atomic E-state index is -0.879. The van der Waals surface area contributed by atoms with Crippen molar-refractivity contribution in [3.8, 4) is 0 Å². The molecular formula is C14H12KO4. The smallest absolute Gasteiger partial charge is 0.335 e. The molecule has 93 valence electrons. The van der Waals surface area contributed by atoms with E-state index in [9.17, 15) is 9.59 Å². The van der Waals surface area contributed by atoms with Gasteiger partial charge < -0.3 is 10.2 Å². The molecule has 1 radical (unpaired) electrons. The minimum Gasteiger partial charge on any atom is -0.478 e. The molecule has 0 aliphatic carbocycles. The first-order valence-electron chi connectivity index (χ1n) is 5.18. The van der Waals surface area contributed by atoms with Crippen molar-refractivity contribution in [3.05, 3.63) is 71.8 Å². The van der Waals surface area contributed by atoms with Crippen LogP contribution in [0.1, 0.15) is 20.7 Å². The van der Waals surface area contributed by atoms with E-state index in [1.165, 1.54) is 0 Å². The third-order valence-corrected chi connectivity index (χ3v) is 2.04. The van der Waals surface area contributed by atoms with Crippen LogP contribution >= 0.6 is 0 Å². The monoisotopic (exact) mass is 283 g/mol. The Labute approximate surface area is 153 Å². The first kappa shape index (κ1) is 18.0. The van der Waals surface area contributed by atoms with Crippen LogP contribution in [0.5, 0.6) is 0 Å². The van der Waals surface area contributed by atoms with E-state index in [0.29, 0.717) is 11.1 Å². The van der Waals surface area contributed by atoms with Gasteiger partial charge in [-0.15, -0.1) is 0 Å². The summed E-state index contributed by atoms with van der Waals surface area (Å²) in [7, 11) is 0. The van der Waals surface area contributed by atoms with Gasteiger partial charge in [0.2, 0.25) is 0 Å². The number of carboxylic acid groups (broad SMARTS) is 2. The van der Waals surface area contributed by atoms with Gasteiger partial charge in [0.05, 0.1) is 11.1 Å².